The van der Waals surface area contributed by atoms with Crippen LogP contribution in [0, 0.1) is 22.7 Å². The van der Waals surface area contributed by atoms with Crippen LogP contribution in [0.5, 0.6) is 0 Å². The fourth-order valence-electron chi connectivity index (χ4n) is 5.44. The Morgan fingerprint density at radius 2 is 2.04 bits per heavy atom. The fraction of sp³-hybridized carbons (Fsp3) is 0.750. The van der Waals surface area contributed by atoms with Gasteiger partial charge in [-0.3, -0.25) is 4.79 Å². The maximum atomic E-state index is 12.0. The van der Waals surface area contributed by atoms with E-state index in [2.05, 4.69) is 13.5 Å². The molecule has 0 unspecified atom stereocenters. The minimum absolute atomic E-state index is 0.0350. The third kappa shape index (κ3) is 3.31. The molecule has 2 aliphatic carbocycles. The number of carboxylic acid groups (broad SMARTS) is 1. The number of hydrogen-bond donors (Lipinski definition) is 3. The molecule has 0 aromatic carbocycles. The second kappa shape index (κ2) is 7.40. The topological polar surface area (TPSA) is 77.8 Å². The highest BCUT2D eigenvalue weighted by Crippen LogP contribution is 2.62. The van der Waals surface area contributed by atoms with Gasteiger partial charge in [0, 0.05) is 0 Å². The van der Waals surface area contributed by atoms with Gasteiger partial charge in [0.15, 0.2) is 0 Å². The van der Waals surface area contributed by atoms with Gasteiger partial charge in [-0.15, -0.1) is 0 Å². The van der Waals surface area contributed by atoms with Gasteiger partial charge in [0.2, 0.25) is 0 Å². The third-order valence-corrected chi connectivity index (χ3v) is 6.85. The molecule has 4 nitrogen and oxygen atoms in total. The normalized spacial score (nSPS) is 37.2. The molecule has 0 aliphatic heterocycles. The second-order valence-corrected chi connectivity index (χ2v) is 8.13. The molecule has 2 aliphatic rings. The molecule has 2 saturated carbocycles. The first kappa shape index (κ1) is 19.2. The Balaban J connectivity index is 2.25. The lowest BCUT2D eigenvalue weighted by Crippen LogP contribution is -2.53. The molecule has 136 valence electrons. The summed E-state index contributed by atoms with van der Waals surface area (Å²) in [6, 6.07) is 0. The molecule has 2 rings (SSSR count). The summed E-state index contributed by atoms with van der Waals surface area (Å²) in [4.78, 5) is 12.0. The Labute approximate surface area is 145 Å². The van der Waals surface area contributed by atoms with Crippen molar-refractivity contribution in [1.29, 1.82) is 0 Å². The standard InChI is InChI=1S/C20H32O4/c1-14-5-8-17-19(2,10-4-11-20(17,3)18(23)24)16(14)7-6-15(13-22)9-12-21/h9,16-17,21-22H,1,4-8,10-13H2,2-3H3,(H,23,24)/b15-9+/t16-,17+,19+,20+/m1/s1. The van der Waals surface area contributed by atoms with Gasteiger partial charge in [0.1, 0.15) is 0 Å². The average molecular weight is 336 g/mol. The molecule has 24 heavy (non-hydrogen) atoms. The number of aliphatic hydroxyl groups excluding tert-OH is 2. The molecule has 0 bridgehead atoms. The summed E-state index contributed by atoms with van der Waals surface area (Å²) < 4.78 is 0. The van der Waals surface area contributed by atoms with Gasteiger partial charge >= 0.3 is 5.97 Å². The Hall–Kier alpha value is -1.13. The number of carboxylic acids is 1. The molecule has 3 N–H and O–H groups in total. The van der Waals surface area contributed by atoms with Crippen LogP contribution in [0.4, 0.5) is 0 Å². The van der Waals surface area contributed by atoms with Gasteiger partial charge in [-0.25, -0.2) is 0 Å². The van der Waals surface area contributed by atoms with Gasteiger partial charge in [-0.1, -0.05) is 31.6 Å². The number of allylic oxidation sites excluding steroid dienone is 1. The van der Waals surface area contributed by atoms with E-state index in [9.17, 15) is 15.0 Å². The molecular formula is C20H32O4. The summed E-state index contributed by atoms with van der Waals surface area (Å²) in [5, 5.41) is 28.3. The Bertz CT molecular complexity index is 524. The maximum Gasteiger partial charge on any atom is 0.309 e. The summed E-state index contributed by atoms with van der Waals surface area (Å²) in [6.07, 6.45) is 7.82. The largest absolute Gasteiger partial charge is 0.481 e. The van der Waals surface area contributed by atoms with Crippen molar-refractivity contribution in [3.05, 3.63) is 23.8 Å². The molecule has 2 fully saturated rings. The number of aliphatic hydroxyl groups is 2. The zero-order valence-electron chi connectivity index (χ0n) is 15.1. The monoisotopic (exact) mass is 336 g/mol. The number of carbonyl (C=O) groups is 1. The summed E-state index contributed by atoms with van der Waals surface area (Å²) in [5.74, 6) is -0.212. The highest BCUT2D eigenvalue weighted by atomic mass is 16.4. The summed E-state index contributed by atoms with van der Waals surface area (Å²) in [6.45, 7) is 8.38. The quantitative estimate of drug-likeness (QED) is 0.648. The van der Waals surface area contributed by atoms with Crippen LogP contribution in [0.15, 0.2) is 23.8 Å². The van der Waals surface area contributed by atoms with E-state index in [1.54, 1.807) is 6.08 Å². The minimum Gasteiger partial charge on any atom is -0.481 e. The van der Waals surface area contributed by atoms with Gasteiger partial charge in [-0.05, 0) is 68.3 Å². The highest BCUT2D eigenvalue weighted by Gasteiger charge is 2.57. The van der Waals surface area contributed by atoms with Crippen molar-refractivity contribution in [3.8, 4) is 0 Å². The Morgan fingerprint density at radius 1 is 1.33 bits per heavy atom. The zero-order chi connectivity index (χ0) is 18.0. The summed E-state index contributed by atoms with van der Waals surface area (Å²) in [5.41, 5.74) is 1.39. The summed E-state index contributed by atoms with van der Waals surface area (Å²) >= 11 is 0. The van der Waals surface area contributed by atoms with Crippen LogP contribution in [0.25, 0.3) is 0 Å². The Morgan fingerprint density at radius 3 is 2.62 bits per heavy atom. The molecule has 0 spiro atoms. The minimum atomic E-state index is -0.666. The van der Waals surface area contributed by atoms with Crippen LogP contribution in [0.1, 0.15) is 58.8 Å². The van der Waals surface area contributed by atoms with Crippen molar-refractivity contribution in [3.63, 3.8) is 0 Å². The van der Waals surface area contributed by atoms with Gasteiger partial charge in [0.05, 0.1) is 18.6 Å². The highest BCUT2D eigenvalue weighted by molar-refractivity contribution is 5.75. The van der Waals surface area contributed by atoms with E-state index in [4.69, 9.17) is 5.11 Å². The molecule has 4 atom stereocenters. The summed E-state index contributed by atoms with van der Waals surface area (Å²) in [7, 11) is 0. The van der Waals surface area contributed by atoms with E-state index in [-0.39, 0.29) is 30.5 Å². The lowest BCUT2D eigenvalue weighted by Gasteiger charge is -2.57. The fourth-order valence-corrected chi connectivity index (χ4v) is 5.44. The number of hydrogen-bond acceptors (Lipinski definition) is 3. The Kier molecular flexibility index (Phi) is 5.92. The number of aliphatic carboxylic acids is 1. The smallest absolute Gasteiger partial charge is 0.309 e. The first-order chi connectivity index (χ1) is 11.3. The second-order valence-electron chi connectivity index (χ2n) is 8.13. The van der Waals surface area contributed by atoms with Gasteiger partial charge in [0.25, 0.3) is 0 Å². The van der Waals surface area contributed by atoms with Crippen LogP contribution in [0.2, 0.25) is 0 Å². The first-order valence-corrected chi connectivity index (χ1v) is 9.10. The van der Waals surface area contributed by atoms with E-state index in [0.717, 1.165) is 50.5 Å². The van der Waals surface area contributed by atoms with Gasteiger partial charge < -0.3 is 15.3 Å². The van der Waals surface area contributed by atoms with Crippen molar-refractivity contribution in [2.45, 2.75) is 58.8 Å². The van der Waals surface area contributed by atoms with E-state index in [1.165, 1.54) is 5.57 Å². The lowest BCUT2D eigenvalue weighted by atomic mass is 9.46. The van der Waals surface area contributed by atoms with E-state index < -0.39 is 11.4 Å². The predicted molar refractivity (Wildman–Crippen MR) is 94.5 cm³/mol. The van der Waals surface area contributed by atoms with Crippen LogP contribution in [-0.4, -0.2) is 34.5 Å². The van der Waals surface area contributed by atoms with E-state index >= 15 is 0 Å². The van der Waals surface area contributed by atoms with Crippen molar-refractivity contribution in [1.82, 2.24) is 0 Å². The molecule has 0 aromatic heterocycles. The van der Waals surface area contributed by atoms with Crippen molar-refractivity contribution in [2.75, 3.05) is 13.2 Å². The third-order valence-electron chi connectivity index (χ3n) is 6.85. The zero-order valence-corrected chi connectivity index (χ0v) is 15.1. The molecule has 0 radical (unpaired) electrons. The SMILES string of the molecule is C=C1CC[C@H]2[C@@](C)(CCC[C@]2(C)C(=O)O)[C@@H]1CC/C(=C\CO)CO. The molecule has 0 saturated heterocycles. The van der Waals surface area contributed by atoms with Crippen molar-refractivity contribution in [2.24, 2.45) is 22.7 Å². The van der Waals surface area contributed by atoms with Gasteiger partial charge in [-0.2, -0.15) is 0 Å². The maximum absolute atomic E-state index is 12.0. The molecule has 0 aromatic rings. The number of fused-ring (bicyclic) bond motifs is 1. The average Bonchev–Trinajstić information content (AvgIpc) is 2.52. The molecule has 0 amide bonds. The molecular weight excluding hydrogens is 304 g/mol. The van der Waals surface area contributed by atoms with Crippen molar-refractivity contribution >= 4 is 5.97 Å². The van der Waals surface area contributed by atoms with Crippen molar-refractivity contribution < 1.29 is 20.1 Å². The van der Waals surface area contributed by atoms with Crippen LogP contribution in [0.3, 0.4) is 0 Å². The van der Waals surface area contributed by atoms with Crippen LogP contribution < -0.4 is 0 Å². The predicted octanol–water partition coefficient (Wildman–Crippen LogP) is 3.54. The van der Waals surface area contributed by atoms with E-state index in [1.807, 2.05) is 6.92 Å². The molecule has 0 heterocycles. The molecule has 4 heteroatoms. The number of rotatable bonds is 6. The lowest BCUT2D eigenvalue weighted by molar-refractivity contribution is -0.164. The van der Waals surface area contributed by atoms with Crippen LogP contribution in [-0.2, 0) is 4.79 Å². The first-order valence-electron chi connectivity index (χ1n) is 9.10. The van der Waals surface area contributed by atoms with E-state index in [0.29, 0.717) is 0 Å². The van der Waals surface area contributed by atoms with Crippen LogP contribution >= 0.6 is 0 Å².